The van der Waals surface area contributed by atoms with Crippen molar-refractivity contribution in [3.05, 3.63) is 0 Å². The molecule has 0 aromatic carbocycles. The molecule has 2 aliphatic heterocycles. The van der Waals surface area contributed by atoms with Crippen molar-refractivity contribution in [1.29, 1.82) is 0 Å². The maximum atomic E-state index is 13.2. The standard InChI is InChI=1S/C15H24F2N2O3/c1-11(20)19-6-3-13(22-2)12(10-19)9-14(21)18-7-4-15(16,17)5-8-18/h12-13H,3-10H2,1-2H3/t12-,13-/m1/s1. The van der Waals surface area contributed by atoms with Crippen LogP contribution < -0.4 is 0 Å². The van der Waals surface area contributed by atoms with E-state index in [9.17, 15) is 18.4 Å². The maximum Gasteiger partial charge on any atom is 0.251 e. The molecule has 126 valence electrons. The van der Waals surface area contributed by atoms with Crippen molar-refractivity contribution >= 4 is 11.8 Å². The van der Waals surface area contributed by atoms with E-state index in [1.165, 1.54) is 11.8 Å². The molecule has 0 saturated carbocycles. The van der Waals surface area contributed by atoms with Crippen molar-refractivity contribution in [3.8, 4) is 0 Å². The van der Waals surface area contributed by atoms with E-state index < -0.39 is 5.92 Å². The molecule has 0 spiro atoms. The second-order valence-corrected chi connectivity index (χ2v) is 6.23. The van der Waals surface area contributed by atoms with Crippen LogP contribution >= 0.6 is 0 Å². The van der Waals surface area contributed by atoms with Gasteiger partial charge in [0, 0.05) is 65.4 Å². The monoisotopic (exact) mass is 318 g/mol. The van der Waals surface area contributed by atoms with Gasteiger partial charge in [0.15, 0.2) is 0 Å². The number of likely N-dealkylation sites (tertiary alicyclic amines) is 2. The highest BCUT2D eigenvalue weighted by Gasteiger charge is 2.37. The fraction of sp³-hybridized carbons (Fsp3) is 0.867. The molecule has 2 atom stereocenters. The number of piperidine rings is 2. The summed E-state index contributed by atoms with van der Waals surface area (Å²) in [6.07, 6.45) is 0.346. The predicted octanol–water partition coefficient (Wildman–Crippen LogP) is 1.52. The fourth-order valence-corrected chi connectivity index (χ4v) is 3.24. The van der Waals surface area contributed by atoms with Gasteiger partial charge in [0.05, 0.1) is 6.10 Å². The molecule has 22 heavy (non-hydrogen) atoms. The molecule has 0 bridgehead atoms. The Morgan fingerprint density at radius 1 is 1.18 bits per heavy atom. The van der Waals surface area contributed by atoms with Gasteiger partial charge in [0.1, 0.15) is 0 Å². The highest BCUT2D eigenvalue weighted by Crippen LogP contribution is 2.29. The summed E-state index contributed by atoms with van der Waals surface area (Å²) in [6.45, 7) is 2.84. The molecule has 0 unspecified atom stereocenters. The van der Waals surface area contributed by atoms with E-state index in [1.807, 2.05) is 0 Å². The summed E-state index contributed by atoms with van der Waals surface area (Å²) in [6, 6.07) is 0. The number of halogens is 2. The molecule has 2 heterocycles. The van der Waals surface area contributed by atoms with Gasteiger partial charge in [-0.25, -0.2) is 8.78 Å². The van der Waals surface area contributed by atoms with Crippen LogP contribution in [0.4, 0.5) is 8.78 Å². The molecular formula is C15H24F2N2O3. The van der Waals surface area contributed by atoms with E-state index in [4.69, 9.17) is 4.74 Å². The number of rotatable bonds is 3. The average molecular weight is 318 g/mol. The number of hydrogen-bond donors (Lipinski definition) is 0. The number of nitrogens with zero attached hydrogens (tertiary/aromatic N) is 2. The SMILES string of the molecule is CO[C@@H]1CCN(C(C)=O)C[C@H]1CC(=O)N1CCC(F)(F)CC1. The fourth-order valence-electron chi connectivity index (χ4n) is 3.24. The van der Waals surface area contributed by atoms with Crippen LogP contribution in [-0.4, -0.2) is 66.9 Å². The molecule has 0 aromatic rings. The first-order valence-corrected chi connectivity index (χ1v) is 7.76. The Morgan fingerprint density at radius 2 is 1.82 bits per heavy atom. The molecule has 0 aliphatic carbocycles. The first kappa shape index (κ1) is 17.1. The van der Waals surface area contributed by atoms with Crippen molar-refractivity contribution in [2.75, 3.05) is 33.3 Å². The van der Waals surface area contributed by atoms with E-state index in [1.54, 1.807) is 12.0 Å². The van der Waals surface area contributed by atoms with Crippen LogP contribution in [0.15, 0.2) is 0 Å². The zero-order valence-corrected chi connectivity index (χ0v) is 13.2. The molecular weight excluding hydrogens is 294 g/mol. The van der Waals surface area contributed by atoms with E-state index in [0.717, 1.165) is 0 Å². The summed E-state index contributed by atoms with van der Waals surface area (Å²) in [7, 11) is 1.60. The van der Waals surface area contributed by atoms with E-state index in [2.05, 4.69) is 0 Å². The van der Waals surface area contributed by atoms with Crippen LogP contribution in [0, 0.1) is 5.92 Å². The van der Waals surface area contributed by atoms with Crippen molar-refractivity contribution in [3.63, 3.8) is 0 Å². The van der Waals surface area contributed by atoms with Crippen molar-refractivity contribution in [1.82, 2.24) is 9.80 Å². The Labute approximate surface area is 129 Å². The molecule has 2 rings (SSSR count). The van der Waals surface area contributed by atoms with Crippen LogP contribution in [0.1, 0.15) is 32.6 Å². The molecule has 0 aromatic heterocycles. The Hall–Kier alpha value is -1.24. The second-order valence-electron chi connectivity index (χ2n) is 6.23. The normalized spacial score (nSPS) is 28.5. The summed E-state index contributed by atoms with van der Waals surface area (Å²) in [4.78, 5) is 27.1. The minimum Gasteiger partial charge on any atom is -0.381 e. The third kappa shape index (κ3) is 4.15. The highest BCUT2D eigenvalue weighted by atomic mass is 19.3. The number of carbonyl (C=O) groups is 2. The lowest BCUT2D eigenvalue weighted by atomic mass is 9.90. The van der Waals surface area contributed by atoms with Gasteiger partial charge in [0.2, 0.25) is 11.8 Å². The van der Waals surface area contributed by atoms with Gasteiger partial charge in [-0.05, 0) is 6.42 Å². The average Bonchev–Trinajstić information content (AvgIpc) is 2.46. The first-order valence-electron chi connectivity index (χ1n) is 7.76. The minimum atomic E-state index is -2.65. The molecule has 5 nitrogen and oxygen atoms in total. The van der Waals surface area contributed by atoms with Gasteiger partial charge in [-0.2, -0.15) is 0 Å². The minimum absolute atomic E-state index is 0.00961. The van der Waals surface area contributed by atoms with Crippen molar-refractivity contribution in [2.45, 2.75) is 44.6 Å². The lowest BCUT2D eigenvalue weighted by Gasteiger charge is -2.39. The molecule has 2 fully saturated rings. The molecule has 2 aliphatic rings. The number of amides is 2. The Bertz CT molecular complexity index is 421. The zero-order valence-electron chi connectivity index (χ0n) is 13.2. The van der Waals surface area contributed by atoms with Crippen molar-refractivity contribution < 1.29 is 23.1 Å². The quantitative estimate of drug-likeness (QED) is 0.793. The first-order chi connectivity index (χ1) is 10.3. The predicted molar refractivity (Wildman–Crippen MR) is 76.5 cm³/mol. The van der Waals surface area contributed by atoms with Crippen LogP contribution in [0.25, 0.3) is 0 Å². The number of alkyl halides is 2. The van der Waals surface area contributed by atoms with Crippen LogP contribution in [0.2, 0.25) is 0 Å². The molecule has 7 heteroatoms. The Kier molecular flexibility index (Phi) is 5.36. The van der Waals surface area contributed by atoms with Gasteiger partial charge in [-0.1, -0.05) is 0 Å². The van der Waals surface area contributed by atoms with Crippen LogP contribution in [0.5, 0.6) is 0 Å². The number of ether oxygens (including phenoxy) is 1. The number of methoxy groups -OCH3 is 1. The Morgan fingerprint density at radius 3 is 2.36 bits per heavy atom. The van der Waals surface area contributed by atoms with Crippen LogP contribution in [-0.2, 0) is 14.3 Å². The largest absolute Gasteiger partial charge is 0.381 e. The van der Waals surface area contributed by atoms with Crippen LogP contribution in [0.3, 0.4) is 0 Å². The summed E-state index contributed by atoms with van der Waals surface area (Å²) in [5.74, 6) is -2.85. The lowest BCUT2D eigenvalue weighted by Crippen LogP contribution is -2.49. The van der Waals surface area contributed by atoms with E-state index in [0.29, 0.717) is 19.5 Å². The van der Waals surface area contributed by atoms with Gasteiger partial charge >= 0.3 is 0 Å². The third-order valence-corrected chi connectivity index (χ3v) is 4.70. The summed E-state index contributed by atoms with van der Waals surface area (Å²) in [5.41, 5.74) is 0. The molecule has 0 radical (unpaired) electrons. The molecule has 2 amide bonds. The molecule has 2 saturated heterocycles. The smallest absolute Gasteiger partial charge is 0.251 e. The topological polar surface area (TPSA) is 49.9 Å². The second kappa shape index (κ2) is 6.89. The highest BCUT2D eigenvalue weighted by molar-refractivity contribution is 5.77. The summed E-state index contributed by atoms with van der Waals surface area (Å²) >= 11 is 0. The Balaban J connectivity index is 1.92. The van der Waals surface area contributed by atoms with Gasteiger partial charge in [-0.3, -0.25) is 9.59 Å². The molecule has 0 N–H and O–H groups in total. The third-order valence-electron chi connectivity index (χ3n) is 4.70. The summed E-state index contributed by atoms with van der Waals surface area (Å²) in [5, 5.41) is 0. The van der Waals surface area contributed by atoms with E-state index in [-0.39, 0.29) is 56.2 Å². The number of hydrogen-bond acceptors (Lipinski definition) is 3. The van der Waals surface area contributed by atoms with Crippen molar-refractivity contribution in [2.24, 2.45) is 5.92 Å². The maximum absolute atomic E-state index is 13.2. The van der Waals surface area contributed by atoms with Gasteiger partial charge < -0.3 is 14.5 Å². The van der Waals surface area contributed by atoms with Gasteiger partial charge in [0.25, 0.3) is 5.92 Å². The number of carbonyl (C=O) groups excluding carboxylic acids is 2. The van der Waals surface area contributed by atoms with E-state index >= 15 is 0 Å². The van der Waals surface area contributed by atoms with Gasteiger partial charge in [-0.15, -0.1) is 0 Å². The lowest BCUT2D eigenvalue weighted by molar-refractivity contribution is -0.143. The zero-order chi connectivity index (χ0) is 16.3. The summed E-state index contributed by atoms with van der Waals surface area (Å²) < 4.78 is 31.7.